The second kappa shape index (κ2) is 6.09. The summed E-state index contributed by atoms with van der Waals surface area (Å²) in [5.41, 5.74) is -0.532. The van der Waals surface area contributed by atoms with Gasteiger partial charge in [0.2, 0.25) is 0 Å². The fourth-order valence-corrected chi connectivity index (χ4v) is 2.12. The molecule has 0 aliphatic heterocycles. The van der Waals surface area contributed by atoms with Crippen LogP contribution < -0.4 is 0 Å². The number of ketones is 3. The van der Waals surface area contributed by atoms with Crippen molar-refractivity contribution in [3.05, 3.63) is 0 Å². The highest BCUT2D eigenvalue weighted by atomic mass is 79.9. The number of rotatable bonds is 7. The van der Waals surface area contributed by atoms with Gasteiger partial charge >= 0.3 is 0 Å². The molecule has 2 unspecified atom stereocenters. The maximum absolute atomic E-state index is 11.7. The molecule has 0 aliphatic carbocycles. The lowest BCUT2D eigenvalue weighted by molar-refractivity contribution is -0.128. The van der Waals surface area contributed by atoms with Crippen LogP contribution in [-0.4, -0.2) is 21.7 Å². The molecule has 3 nitrogen and oxygen atoms in total. The summed E-state index contributed by atoms with van der Waals surface area (Å²) in [6.07, 6.45) is 0.903. The van der Waals surface area contributed by atoms with Crippen molar-refractivity contribution in [1.29, 1.82) is 0 Å². The zero-order valence-corrected chi connectivity index (χ0v) is 13.7. The SMILES string of the molecule is CC(=O)C(CC(C)(C)C(C)=O)CC(C)(Br)C(C)=O. The largest absolute Gasteiger partial charge is 0.300 e. The molecule has 0 aromatic carbocycles. The zero-order chi connectivity index (χ0) is 14.7. The topological polar surface area (TPSA) is 51.2 Å². The molecule has 0 radical (unpaired) electrons. The van der Waals surface area contributed by atoms with Crippen LogP contribution in [0.1, 0.15) is 54.4 Å². The number of hydrogen-bond acceptors (Lipinski definition) is 3. The second-order valence-electron chi connectivity index (χ2n) is 5.91. The van der Waals surface area contributed by atoms with Crippen LogP contribution in [0.25, 0.3) is 0 Å². The third-order valence-electron chi connectivity index (χ3n) is 3.65. The Labute approximate surface area is 118 Å². The Balaban J connectivity index is 4.97. The predicted molar refractivity (Wildman–Crippen MR) is 75.9 cm³/mol. The third kappa shape index (κ3) is 5.01. The maximum Gasteiger partial charge on any atom is 0.146 e. The van der Waals surface area contributed by atoms with Crippen molar-refractivity contribution in [1.82, 2.24) is 0 Å². The number of hydrogen-bond donors (Lipinski definition) is 0. The molecule has 0 heterocycles. The first-order chi connectivity index (χ1) is 7.90. The van der Waals surface area contributed by atoms with E-state index in [2.05, 4.69) is 15.9 Å². The summed E-state index contributed by atoms with van der Waals surface area (Å²) in [4.78, 5) is 34.7. The summed E-state index contributed by atoms with van der Waals surface area (Å²) in [6.45, 7) is 10.0. The summed E-state index contributed by atoms with van der Waals surface area (Å²) < 4.78 is -0.698. The van der Waals surface area contributed by atoms with Crippen molar-refractivity contribution >= 4 is 33.3 Å². The highest BCUT2D eigenvalue weighted by Gasteiger charge is 2.36. The summed E-state index contributed by atoms with van der Waals surface area (Å²) in [5.74, 6) is -0.198. The summed E-state index contributed by atoms with van der Waals surface area (Å²) in [6, 6.07) is 0. The van der Waals surface area contributed by atoms with Crippen molar-refractivity contribution < 1.29 is 14.4 Å². The maximum atomic E-state index is 11.7. The van der Waals surface area contributed by atoms with Crippen molar-refractivity contribution in [2.24, 2.45) is 11.3 Å². The molecular weight excluding hydrogens is 296 g/mol. The molecule has 4 heteroatoms. The number of carbonyl (C=O) groups is 3. The van der Waals surface area contributed by atoms with E-state index in [1.54, 1.807) is 6.92 Å². The van der Waals surface area contributed by atoms with Gasteiger partial charge in [-0.05, 0) is 40.5 Å². The smallest absolute Gasteiger partial charge is 0.146 e. The molecule has 18 heavy (non-hydrogen) atoms. The minimum atomic E-state index is -0.698. The van der Waals surface area contributed by atoms with Gasteiger partial charge in [0.05, 0.1) is 4.32 Å². The van der Waals surface area contributed by atoms with E-state index in [9.17, 15) is 14.4 Å². The van der Waals surface area contributed by atoms with Crippen molar-refractivity contribution in [2.45, 2.75) is 58.7 Å². The molecule has 0 amide bonds. The molecule has 104 valence electrons. The first kappa shape index (κ1) is 17.5. The summed E-state index contributed by atoms with van der Waals surface area (Å²) in [5, 5.41) is 0. The highest BCUT2D eigenvalue weighted by molar-refractivity contribution is 9.10. The van der Waals surface area contributed by atoms with Crippen molar-refractivity contribution in [2.75, 3.05) is 0 Å². The number of halogens is 1. The molecule has 0 saturated carbocycles. The van der Waals surface area contributed by atoms with E-state index in [0.717, 1.165) is 0 Å². The van der Waals surface area contributed by atoms with Crippen LogP contribution in [0, 0.1) is 11.3 Å². The number of Topliss-reactive ketones (excluding diaryl/α,β-unsaturated/α-hetero) is 3. The third-order valence-corrected chi connectivity index (χ3v) is 4.53. The van der Waals surface area contributed by atoms with Gasteiger partial charge < -0.3 is 0 Å². The second-order valence-corrected chi connectivity index (χ2v) is 7.66. The fraction of sp³-hybridized carbons (Fsp3) is 0.786. The molecule has 0 N–H and O–H groups in total. The lowest BCUT2D eigenvalue weighted by atomic mass is 9.75. The van der Waals surface area contributed by atoms with Gasteiger partial charge in [-0.3, -0.25) is 14.4 Å². The van der Waals surface area contributed by atoms with E-state index in [0.29, 0.717) is 12.8 Å². The Morgan fingerprint density at radius 3 is 1.67 bits per heavy atom. The lowest BCUT2D eigenvalue weighted by Crippen LogP contribution is -2.35. The van der Waals surface area contributed by atoms with Crippen LogP contribution in [0.5, 0.6) is 0 Å². The summed E-state index contributed by atoms with van der Waals surface area (Å²) >= 11 is 3.37. The van der Waals surface area contributed by atoms with Gasteiger partial charge in [-0.2, -0.15) is 0 Å². The molecule has 0 aromatic rings. The van der Waals surface area contributed by atoms with Gasteiger partial charge in [0.25, 0.3) is 0 Å². The van der Waals surface area contributed by atoms with E-state index >= 15 is 0 Å². The van der Waals surface area contributed by atoms with Crippen LogP contribution in [-0.2, 0) is 14.4 Å². The van der Waals surface area contributed by atoms with Crippen LogP contribution in [0.4, 0.5) is 0 Å². The van der Waals surface area contributed by atoms with Gasteiger partial charge in [0.1, 0.15) is 17.3 Å². The molecule has 0 bridgehead atoms. The molecule has 0 saturated heterocycles. The van der Waals surface area contributed by atoms with Crippen molar-refractivity contribution in [3.63, 3.8) is 0 Å². The first-order valence-electron chi connectivity index (χ1n) is 6.11. The monoisotopic (exact) mass is 318 g/mol. The number of alkyl halides is 1. The first-order valence-corrected chi connectivity index (χ1v) is 6.91. The molecule has 0 fully saturated rings. The van der Waals surface area contributed by atoms with Gasteiger partial charge in [-0.1, -0.05) is 29.8 Å². The quantitative estimate of drug-likeness (QED) is 0.676. The molecular formula is C14H23BrO3. The van der Waals surface area contributed by atoms with Crippen LogP contribution >= 0.6 is 15.9 Å². The van der Waals surface area contributed by atoms with E-state index < -0.39 is 9.74 Å². The van der Waals surface area contributed by atoms with E-state index in [-0.39, 0.29) is 23.3 Å². The predicted octanol–water partition coefficient (Wildman–Crippen LogP) is 3.33. The lowest BCUT2D eigenvalue weighted by Gasteiger charge is -2.30. The van der Waals surface area contributed by atoms with Crippen LogP contribution in [0.15, 0.2) is 0 Å². The average molecular weight is 319 g/mol. The molecule has 0 aliphatic rings. The zero-order valence-electron chi connectivity index (χ0n) is 12.1. The van der Waals surface area contributed by atoms with E-state index in [1.807, 2.05) is 13.8 Å². The Morgan fingerprint density at radius 2 is 1.39 bits per heavy atom. The Bertz CT molecular complexity index is 328. The standard InChI is InChI=1S/C14H23BrO3/c1-9(16)12(7-13(4,5)10(2)17)8-14(6,15)11(3)18/h12H,7-8H2,1-6H3. The molecule has 0 spiro atoms. The van der Waals surface area contributed by atoms with Gasteiger partial charge in [-0.15, -0.1) is 0 Å². The highest BCUT2D eigenvalue weighted by Crippen LogP contribution is 2.35. The minimum Gasteiger partial charge on any atom is -0.300 e. The fourth-order valence-electron chi connectivity index (χ4n) is 1.73. The molecule has 2 atom stereocenters. The summed E-state index contributed by atoms with van der Waals surface area (Å²) in [7, 11) is 0. The molecule has 0 aromatic heterocycles. The van der Waals surface area contributed by atoms with Gasteiger partial charge in [0, 0.05) is 11.3 Å². The van der Waals surface area contributed by atoms with Gasteiger partial charge in [0.15, 0.2) is 0 Å². The van der Waals surface area contributed by atoms with Crippen LogP contribution in [0.2, 0.25) is 0 Å². The van der Waals surface area contributed by atoms with Crippen molar-refractivity contribution in [3.8, 4) is 0 Å². The Hall–Kier alpha value is -0.510. The Morgan fingerprint density at radius 1 is 0.944 bits per heavy atom. The number of carbonyl (C=O) groups excluding carboxylic acids is 3. The Kier molecular flexibility index (Phi) is 5.92. The minimum absolute atomic E-state index is 0.00520. The molecule has 0 rings (SSSR count). The average Bonchev–Trinajstić information content (AvgIpc) is 2.15. The van der Waals surface area contributed by atoms with Crippen LogP contribution in [0.3, 0.4) is 0 Å². The van der Waals surface area contributed by atoms with Gasteiger partial charge in [-0.25, -0.2) is 0 Å². The normalized spacial score (nSPS) is 16.8. The van der Waals surface area contributed by atoms with E-state index in [1.165, 1.54) is 20.8 Å². The van der Waals surface area contributed by atoms with E-state index in [4.69, 9.17) is 0 Å².